The van der Waals surface area contributed by atoms with Gasteiger partial charge in [-0.25, -0.2) is 0 Å². The number of aromatic nitrogens is 1. The van der Waals surface area contributed by atoms with Gasteiger partial charge in [-0.3, -0.25) is 4.98 Å². The molecule has 2 N–H and O–H groups in total. The summed E-state index contributed by atoms with van der Waals surface area (Å²) >= 11 is 0. The quantitative estimate of drug-likeness (QED) is 0.814. The molecular weight excluding hydrogens is 266 g/mol. The van der Waals surface area contributed by atoms with Crippen LogP contribution >= 0.6 is 0 Å². The summed E-state index contributed by atoms with van der Waals surface area (Å²) in [5.41, 5.74) is 8.29. The smallest absolute Gasteiger partial charge is 0.171 e. The van der Waals surface area contributed by atoms with Gasteiger partial charge in [0.25, 0.3) is 0 Å². The zero-order chi connectivity index (χ0) is 14.3. The molecule has 2 aliphatic heterocycles. The van der Waals surface area contributed by atoms with Crippen molar-refractivity contribution >= 4 is 22.1 Å². The number of benzene rings is 1. The van der Waals surface area contributed by atoms with Crippen molar-refractivity contribution in [3.05, 3.63) is 30.6 Å². The first kappa shape index (κ1) is 12.9. The van der Waals surface area contributed by atoms with Crippen LogP contribution in [0.2, 0.25) is 0 Å². The molecule has 1 spiro atoms. The van der Waals surface area contributed by atoms with Crippen molar-refractivity contribution in [1.82, 2.24) is 4.98 Å². The zero-order valence-corrected chi connectivity index (χ0v) is 11.9. The zero-order valence-electron chi connectivity index (χ0n) is 11.9. The highest BCUT2D eigenvalue weighted by atomic mass is 16.7. The van der Waals surface area contributed by atoms with Gasteiger partial charge in [-0.2, -0.15) is 0 Å². The van der Waals surface area contributed by atoms with Crippen molar-refractivity contribution in [1.29, 1.82) is 0 Å². The number of nitrogens with two attached hydrogens (primary N) is 1. The third kappa shape index (κ3) is 2.13. The fourth-order valence-corrected chi connectivity index (χ4v) is 3.33. The third-order valence-electron chi connectivity index (χ3n) is 4.52. The van der Waals surface area contributed by atoms with Crippen LogP contribution in [0.25, 0.3) is 10.8 Å². The summed E-state index contributed by atoms with van der Waals surface area (Å²) in [6.07, 6.45) is 5.41. The molecule has 5 heteroatoms. The molecule has 110 valence electrons. The van der Waals surface area contributed by atoms with Gasteiger partial charge in [-0.05, 0) is 12.1 Å². The molecule has 0 radical (unpaired) electrons. The molecule has 3 heterocycles. The fourth-order valence-electron chi connectivity index (χ4n) is 3.33. The Balaban J connectivity index is 1.61. The Kier molecular flexibility index (Phi) is 2.97. The lowest BCUT2D eigenvalue weighted by Crippen LogP contribution is -2.45. The molecule has 1 aromatic heterocycles. The van der Waals surface area contributed by atoms with Gasteiger partial charge in [-0.1, -0.05) is 6.07 Å². The van der Waals surface area contributed by atoms with Crippen LogP contribution in [-0.2, 0) is 9.47 Å². The molecule has 0 amide bonds. The third-order valence-corrected chi connectivity index (χ3v) is 4.52. The molecule has 2 aromatic rings. The number of anilines is 2. The van der Waals surface area contributed by atoms with E-state index in [1.807, 2.05) is 12.3 Å². The Morgan fingerprint density at radius 2 is 1.86 bits per heavy atom. The molecule has 0 bridgehead atoms. The van der Waals surface area contributed by atoms with E-state index in [-0.39, 0.29) is 5.79 Å². The average molecular weight is 285 g/mol. The molecule has 0 atom stereocenters. The lowest BCUT2D eigenvalue weighted by Gasteiger charge is -2.39. The highest BCUT2D eigenvalue weighted by Crippen LogP contribution is 2.37. The number of hydrogen-bond donors (Lipinski definition) is 1. The number of nitrogen functional groups attached to an aromatic ring is 1. The van der Waals surface area contributed by atoms with Crippen molar-refractivity contribution in [3.8, 4) is 0 Å². The molecule has 0 aliphatic carbocycles. The number of nitrogens with zero attached hydrogens (tertiary/aromatic N) is 2. The van der Waals surface area contributed by atoms with Crippen LogP contribution in [0.5, 0.6) is 0 Å². The van der Waals surface area contributed by atoms with E-state index in [1.54, 1.807) is 6.20 Å². The van der Waals surface area contributed by atoms with Gasteiger partial charge in [0.2, 0.25) is 0 Å². The van der Waals surface area contributed by atoms with E-state index in [9.17, 15) is 0 Å². The summed E-state index contributed by atoms with van der Waals surface area (Å²) in [7, 11) is 0. The largest absolute Gasteiger partial charge is 0.397 e. The van der Waals surface area contributed by atoms with Gasteiger partial charge in [0.15, 0.2) is 5.79 Å². The van der Waals surface area contributed by atoms with E-state index in [1.165, 1.54) is 0 Å². The lowest BCUT2D eigenvalue weighted by atomic mass is 10.0. The standard InChI is InChI=1S/C16H19N3O2/c17-15-13-3-6-18-11-12(13)1-2-14(15)19-7-4-16(5-8-19)20-9-10-21-16/h1-3,6,11H,4-5,7-10,17H2. The molecule has 4 rings (SSSR count). The first-order chi connectivity index (χ1) is 10.3. The highest BCUT2D eigenvalue weighted by molar-refractivity contribution is 5.98. The second-order valence-electron chi connectivity index (χ2n) is 5.69. The number of rotatable bonds is 1. The summed E-state index contributed by atoms with van der Waals surface area (Å²) in [5, 5.41) is 2.14. The summed E-state index contributed by atoms with van der Waals surface area (Å²) in [6.45, 7) is 3.23. The molecule has 2 aliphatic rings. The topological polar surface area (TPSA) is 60.6 Å². The minimum Gasteiger partial charge on any atom is -0.397 e. The molecule has 1 aromatic carbocycles. The van der Waals surface area contributed by atoms with Crippen LogP contribution in [0.3, 0.4) is 0 Å². The maximum atomic E-state index is 6.36. The lowest BCUT2D eigenvalue weighted by molar-refractivity contribution is -0.169. The van der Waals surface area contributed by atoms with Crippen LogP contribution in [0.4, 0.5) is 11.4 Å². The predicted octanol–water partition coefficient (Wildman–Crippen LogP) is 2.16. The number of pyridine rings is 1. The molecule has 2 saturated heterocycles. The van der Waals surface area contributed by atoms with E-state index in [0.717, 1.165) is 48.1 Å². The monoisotopic (exact) mass is 285 g/mol. The maximum absolute atomic E-state index is 6.36. The van der Waals surface area contributed by atoms with Gasteiger partial charge >= 0.3 is 0 Å². The fraction of sp³-hybridized carbons (Fsp3) is 0.438. The van der Waals surface area contributed by atoms with E-state index < -0.39 is 0 Å². The van der Waals surface area contributed by atoms with Crippen molar-refractivity contribution < 1.29 is 9.47 Å². The van der Waals surface area contributed by atoms with E-state index in [2.05, 4.69) is 22.0 Å². The van der Waals surface area contributed by atoms with Crippen molar-refractivity contribution in [2.75, 3.05) is 36.9 Å². The normalized spacial score (nSPS) is 21.2. The molecule has 2 fully saturated rings. The SMILES string of the molecule is Nc1c(N2CCC3(CC2)OCCO3)ccc2cnccc12. The van der Waals surface area contributed by atoms with E-state index >= 15 is 0 Å². The first-order valence-corrected chi connectivity index (χ1v) is 7.43. The van der Waals surface area contributed by atoms with Gasteiger partial charge in [0.1, 0.15) is 0 Å². The minimum atomic E-state index is -0.341. The minimum absolute atomic E-state index is 0.341. The molecular formula is C16H19N3O2. The van der Waals surface area contributed by atoms with E-state index in [0.29, 0.717) is 13.2 Å². The number of hydrogen-bond acceptors (Lipinski definition) is 5. The van der Waals surface area contributed by atoms with Crippen LogP contribution < -0.4 is 10.6 Å². The maximum Gasteiger partial charge on any atom is 0.171 e. The summed E-state index contributed by atoms with van der Waals surface area (Å²) in [6, 6.07) is 6.15. The van der Waals surface area contributed by atoms with E-state index in [4.69, 9.17) is 15.2 Å². The van der Waals surface area contributed by atoms with Crippen LogP contribution in [0, 0.1) is 0 Å². The van der Waals surface area contributed by atoms with Gasteiger partial charge in [0, 0.05) is 49.1 Å². The van der Waals surface area contributed by atoms with Crippen LogP contribution in [0.1, 0.15) is 12.8 Å². The Hall–Kier alpha value is -1.85. The first-order valence-electron chi connectivity index (χ1n) is 7.43. The Morgan fingerprint density at radius 3 is 2.62 bits per heavy atom. The van der Waals surface area contributed by atoms with Crippen LogP contribution in [-0.4, -0.2) is 37.1 Å². The van der Waals surface area contributed by atoms with Gasteiger partial charge < -0.3 is 20.1 Å². The van der Waals surface area contributed by atoms with Gasteiger partial charge in [0.05, 0.1) is 24.6 Å². The number of piperidine rings is 1. The van der Waals surface area contributed by atoms with Crippen molar-refractivity contribution in [2.24, 2.45) is 0 Å². The summed E-state index contributed by atoms with van der Waals surface area (Å²) in [4.78, 5) is 6.47. The van der Waals surface area contributed by atoms with Crippen molar-refractivity contribution in [3.63, 3.8) is 0 Å². The predicted molar refractivity (Wildman–Crippen MR) is 82.2 cm³/mol. The van der Waals surface area contributed by atoms with Gasteiger partial charge in [-0.15, -0.1) is 0 Å². The van der Waals surface area contributed by atoms with Crippen LogP contribution in [0.15, 0.2) is 30.6 Å². The van der Waals surface area contributed by atoms with Crippen molar-refractivity contribution in [2.45, 2.75) is 18.6 Å². The highest BCUT2D eigenvalue weighted by Gasteiger charge is 2.40. The Bertz CT molecular complexity index is 658. The Morgan fingerprint density at radius 1 is 1.10 bits per heavy atom. The Labute approximate surface area is 123 Å². The number of fused-ring (bicyclic) bond motifs is 1. The molecule has 0 saturated carbocycles. The summed E-state index contributed by atoms with van der Waals surface area (Å²) < 4.78 is 11.6. The molecule has 0 unspecified atom stereocenters. The molecule has 5 nitrogen and oxygen atoms in total. The molecule has 21 heavy (non-hydrogen) atoms. The summed E-state index contributed by atoms with van der Waals surface area (Å²) in [5.74, 6) is -0.341. The second kappa shape index (κ2) is 4.86. The number of ether oxygens (including phenoxy) is 2. The average Bonchev–Trinajstić information content (AvgIpc) is 2.98. The second-order valence-corrected chi connectivity index (χ2v) is 5.69.